The number of rotatable bonds is 7. The Balaban J connectivity index is 1.72. The van der Waals surface area contributed by atoms with E-state index in [1.54, 1.807) is 18.9 Å². The van der Waals surface area contributed by atoms with Crippen LogP contribution in [0, 0.1) is 11.8 Å². The maximum absolute atomic E-state index is 12.2. The fourth-order valence-corrected chi connectivity index (χ4v) is 3.96. The van der Waals surface area contributed by atoms with Gasteiger partial charge in [-0.3, -0.25) is 4.79 Å². The van der Waals surface area contributed by atoms with E-state index in [1.807, 2.05) is 18.2 Å². The SMILES string of the molecule is COc1ccccc1SCC(C)CNC(=O)C1CCCC(N)C1. The number of nitrogens with two attached hydrogens (primary N) is 1. The summed E-state index contributed by atoms with van der Waals surface area (Å²) in [5, 5.41) is 3.10. The van der Waals surface area contributed by atoms with Crippen LogP contribution >= 0.6 is 11.8 Å². The van der Waals surface area contributed by atoms with Crippen molar-refractivity contribution in [2.24, 2.45) is 17.6 Å². The number of para-hydroxylation sites is 1. The second-order valence-electron chi connectivity index (χ2n) is 6.44. The number of hydrogen-bond donors (Lipinski definition) is 2. The van der Waals surface area contributed by atoms with Gasteiger partial charge in [0, 0.05) is 29.2 Å². The second-order valence-corrected chi connectivity index (χ2v) is 7.50. The van der Waals surface area contributed by atoms with Crippen LogP contribution in [0.5, 0.6) is 5.75 Å². The lowest BCUT2D eigenvalue weighted by Crippen LogP contribution is -2.39. The monoisotopic (exact) mass is 336 g/mol. The van der Waals surface area contributed by atoms with E-state index in [9.17, 15) is 4.79 Å². The Kier molecular flexibility index (Phi) is 7.24. The summed E-state index contributed by atoms with van der Waals surface area (Å²) < 4.78 is 5.36. The maximum atomic E-state index is 12.2. The Bertz CT molecular complexity index is 510. The van der Waals surface area contributed by atoms with Crippen molar-refractivity contribution < 1.29 is 9.53 Å². The van der Waals surface area contributed by atoms with Gasteiger partial charge in [0.1, 0.15) is 5.75 Å². The first-order chi connectivity index (χ1) is 11.1. The van der Waals surface area contributed by atoms with E-state index in [0.717, 1.165) is 42.1 Å². The van der Waals surface area contributed by atoms with E-state index >= 15 is 0 Å². The third-order valence-electron chi connectivity index (χ3n) is 4.30. The lowest BCUT2D eigenvalue weighted by atomic mass is 9.85. The summed E-state index contributed by atoms with van der Waals surface area (Å²) in [5.74, 6) is 2.54. The summed E-state index contributed by atoms with van der Waals surface area (Å²) >= 11 is 1.77. The number of benzene rings is 1. The average molecular weight is 337 g/mol. The van der Waals surface area contributed by atoms with Crippen molar-refractivity contribution >= 4 is 17.7 Å². The maximum Gasteiger partial charge on any atom is 0.223 e. The number of amides is 1. The highest BCUT2D eigenvalue weighted by Crippen LogP contribution is 2.30. The first-order valence-corrected chi connectivity index (χ1v) is 9.37. The van der Waals surface area contributed by atoms with Crippen LogP contribution in [0.3, 0.4) is 0 Å². The lowest BCUT2D eigenvalue weighted by molar-refractivity contribution is -0.126. The molecule has 2 rings (SSSR count). The fourth-order valence-electron chi connectivity index (χ4n) is 2.91. The number of methoxy groups -OCH3 is 1. The number of carbonyl (C=O) groups excluding carboxylic acids is 1. The third kappa shape index (κ3) is 5.74. The molecule has 4 nitrogen and oxygen atoms in total. The van der Waals surface area contributed by atoms with E-state index in [4.69, 9.17) is 10.5 Å². The molecule has 1 aliphatic rings. The number of carbonyl (C=O) groups is 1. The first kappa shape index (κ1) is 18.1. The van der Waals surface area contributed by atoms with Gasteiger partial charge in [-0.15, -0.1) is 11.8 Å². The van der Waals surface area contributed by atoms with Gasteiger partial charge >= 0.3 is 0 Å². The Morgan fingerprint density at radius 1 is 1.43 bits per heavy atom. The Hall–Kier alpha value is -1.20. The van der Waals surface area contributed by atoms with E-state index in [0.29, 0.717) is 12.5 Å². The molecule has 1 aliphatic carbocycles. The van der Waals surface area contributed by atoms with Gasteiger partial charge < -0.3 is 15.8 Å². The van der Waals surface area contributed by atoms with Crippen LogP contribution in [0.4, 0.5) is 0 Å². The highest BCUT2D eigenvalue weighted by molar-refractivity contribution is 7.99. The zero-order valence-electron chi connectivity index (χ0n) is 14.1. The van der Waals surface area contributed by atoms with Crippen molar-refractivity contribution in [3.05, 3.63) is 24.3 Å². The van der Waals surface area contributed by atoms with Crippen LogP contribution in [0.2, 0.25) is 0 Å². The molecule has 0 radical (unpaired) electrons. The van der Waals surface area contributed by atoms with Gasteiger partial charge in [-0.1, -0.05) is 25.5 Å². The molecule has 23 heavy (non-hydrogen) atoms. The molecule has 0 spiro atoms. The highest BCUT2D eigenvalue weighted by Gasteiger charge is 2.25. The van der Waals surface area contributed by atoms with E-state index in [2.05, 4.69) is 18.3 Å². The molecular weight excluding hydrogens is 308 g/mol. The molecule has 1 saturated carbocycles. The molecule has 5 heteroatoms. The molecule has 3 atom stereocenters. The first-order valence-electron chi connectivity index (χ1n) is 8.39. The van der Waals surface area contributed by atoms with Gasteiger partial charge in [0.2, 0.25) is 5.91 Å². The van der Waals surface area contributed by atoms with Crippen LogP contribution in [0.1, 0.15) is 32.6 Å². The number of nitrogens with one attached hydrogen (secondary N) is 1. The van der Waals surface area contributed by atoms with E-state index in [-0.39, 0.29) is 17.9 Å². The normalized spacial score (nSPS) is 22.4. The van der Waals surface area contributed by atoms with Crippen molar-refractivity contribution in [2.45, 2.75) is 43.5 Å². The molecule has 1 fully saturated rings. The number of hydrogen-bond acceptors (Lipinski definition) is 4. The minimum atomic E-state index is 0.104. The Labute approximate surface area is 143 Å². The molecule has 0 heterocycles. The van der Waals surface area contributed by atoms with Crippen LogP contribution in [-0.2, 0) is 4.79 Å². The number of ether oxygens (including phenoxy) is 1. The second kappa shape index (κ2) is 9.18. The molecule has 0 aliphatic heterocycles. The topological polar surface area (TPSA) is 64.3 Å². The predicted molar refractivity (Wildman–Crippen MR) is 95.8 cm³/mol. The molecule has 0 aromatic heterocycles. The van der Waals surface area contributed by atoms with Gasteiger partial charge in [-0.25, -0.2) is 0 Å². The average Bonchev–Trinajstić information content (AvgIpc) is 2.58. The lowest BCUT2D eigenvalue weighted by Gasteiger charge is -2.26. The summed E-state index contributed by atoms with van der Waals surface area (Å²) in [6, 6.07) is 8.22. The van der Waals surface area contributed by atoms with Crippen molar-refractivity contribution in [1.82, 2.24) is 5.32 Å². The van der Waals surface area contributed by atoms with E-state index in [1.165, 1.54) is 0 Å². The molecule has 1 aromatic carbocycles. The Morgan fingerprint density at radius 2 is 2.22 bits per heavy atom. The quantitative estimate of drug-likeness (QED) is 0.751. The van der Waals surface area contributed by atoms with Crippen LogP contribution in [-0.4, -0.2) is 31.4 Å². The number of thioether (sulfide) groups is 1. The fraction of sp³-hybridized carbons (Fsp3) is 0.611. The smallest absolute Gasteiger partial charge is 0.223 e. The molecule has 3 N–H and O–H groups in total. The zero-order chi connectivity index (χ0) is 16.7. The Morgan fingerprint density at radius 3 is 2.96 bits per heavy atom. The standard InChI is InChI=1S/C18H28N2O2S/c1-13(12-23-17-9-4-3-8-16(17)22-2)11-20-18(21)14-6-5-7-15(19)10-14/h3-4,8-9,13-15H,5-7,10-12,19H2,1-2H3,(H,20,21). The zero-order valence-corrected chi connectivity index (χ0v) is 14.9. The highest BCUT2D eigenvalue weighted by atomic mass is 32.2. The van der Waals surface area contributed by atoms with Crippen molar-refractivity contribution in [3.63, 3.8) is 0 Å². The van der Waals surface area contributed by atoms with E-state index < -0.39 is 0 Å². The molecule has 0 saturated heterocycles. The largest absolute Gasteiger partial charge is 0.496 e. The van der Waals surface area contributed by atoms with Gasteiger partial charge in [0.15, 0.2) is 0 Å². The predicted octanol–water partition coefficient (Wildman–Crippen LogP) is 3.06. The summed E-state index contributed by atoms with van der Waals surface area (Å²) in [4.78, 5) is 13.4. The molecule has 3 unspecified atom stereocenters. The summed E-state index contributed by atoms with van der Waals surface area (Å²) in [6.07, 6.45) is 3.92. The molecule has 0 bridgehead atoms. The van der Waals surface area contributed by atoms with Crippen molar-refractivity contribution in [1.29, 1.82) is 0 Å². The molecule has 1 aromatic rings. The third-order valence-corrected chi connectivity index (χ3v) is 5.69. The minimum Gasteiger partial charge on any atom is -0.496 e. The van der Waals surface area contributed by atoms with Gasteiger partial charge in [-0.05, 0) is 37.3 Å². The van der Waals surface area contributed by atoms with Gasteiger partial charge in [-0.2, -0.15) is 0 Å². The molecular formula is C18H28N2O2S. The molecule has 1 amide bonds. The van der Waals surface area contributed by atoms with Gasteiger partial charge in [0.25, 0.3) is 0 Å². The van der Waals surface area contributed by atoms with Crippen LogP contribution in [0.15, 0.2) is 29.2 Å². The van der Waals surface area contributed by atoms with Crippen molar-refractivity contribution in [3.8, 4) is 5.75 Å². The minimum absolute atomic E-state index is 0.104. The van der Waals surface area contributed by atoms with Crippen LogP contribution in [0.25, 0.3) is 0 Å². The van der Waals surface area contributed by atoms with Crippen LogP contribution < -0.4 is 15.8 Å². The summed E-state index contributed by atoms with van der Waals surface area (Å²) in [6.45, 7) is 2.88. The summed E-state index contributed by atoms with van der Waals surface area (Å²) in [7, 11) is 1.69. The van der Waals surface area contributed by atoms with Gasteiger partial charge in [0.05, 0.1) is 7.11 Å². The molecule has 128 valence electrons. The summed E-state index contributed by atoms with van der Waals surface area (Å²) in [5.41, 5.74) is 5.96. The van der Waals surface area contributed by atoms with Crippen molar-refractivity contribution in [2.75, 3.05) is 19.4 Å².